The van der Waals surface area contributed by atoms with Gasteiger partial charge >= 0.3 is 0 Å². The average molecular weight is 297 g/mol. The van der Waals surface area contributed by atoms with Crippen molar-refractivity contribution in [2.45, 2.75) is 5.03 Å². The summed E-state index contributed by atoms with van der Waals surface area (Å²) in [5.41, 5.74) is 5.26. The number of nitrogens with one attached hydrogen (secondary N) is 1. The van der Waals surface area contributed by atoms with Crippen molar-refractivity contribution in [2.75, 3.05) is 11.3 Å². The highest BCUT2D eigenvalue weighted by Crippen LogP contribution is 2.20. The van der Waals surface area contributed by atoms with E-state index in [1.165, 1.54) is 23.1 Å². The molecule has 0 atom stereocenters. The Kier molecular flexibility index (Phi) is 3.84. The van der Waals surface area contributed by atoms with Gasteiger partial charge in [0.2, 0.25) is 0 Å². The molecule has 0 radical (unpaired) electrons. The predicted octanol–water partition coefficient (Wildman–Crippen LogP) is -0.0124. The zero-order valence-electron chi connectivity index (χ0n) is 9.99. The molecule has 0 spiro atoms. The molecule has 0 unspecified atom stereocenters. The van der Waals surface area contributed by atoms with Crippen LogP contribution in [0.4, 0.5) is 5.13 Å². The Balaban J connectivity index is 2.22. The lowest BCUT2D eigenvalue weighted by Gasteiger charge is -2.04. The van der Waals surface area contributed by atoms with Gasteiger partial charge in [0.25, 0.3) is 10.0 Å². The largest absolute Gasteiger partial charge is 0.320 e. The van der Waals surface area contributed by atoms with Gasteiger partial charge in [-0.3, -0.25) is 9.40 Å². The third-order valence-electron chi connectivity index (χ3n) is 2.09. The minimum absolute atomic E-state index is 0.0669. The van der Waals surface area contributed by atoms with Crippen LogP contribution in [-0.4, -0.2) is 29.7 Å². The van der Waals surface area contributed by atoms with Crippen molar-refractivity contribution in [1.29, 1.82) is 0 Å². The molecule has 9 heteroatoms. The molecule has 0 saturated carbocycles. The second kappa shape index (κ2) is 5.40. The first-order chi connectivity index (χ1) is 9.03. The van der Waals surface area contributed by atoms with Crippen molar-refractivity contribution in [2.24, 2.45) is 12.8 Å². The van der Waals surface area contributed by atoms with E-state index in [0.29, 0.717) is 4.88 Å². The van der Waals surface area contributed by atoms with Gasteiger partial charge in [0.05, 0.1) is 23.8 Å². The van der Waals surface area contributed by atoms with Crippen LogP contribution in [0.25, 0.3) is 0 Å². The molecule has 0 bridgehead atoms. The Morgan fingerprint density at radius 3 is 3.00 bits per heavy atom. The predicted molar refractivity (Wildman–Crippen MR) is 72.1 cm³/mol. The molecule has 2 aromatic rings. The zero-order valence-corrected chi connectivity index (χ0v) is 11.6. The Bertz CT molecular complexity index is 735. The maximum absolute atomic E-state index is 12.0. The number of nitrogens with two attached hydrogens (primary N) is 1. The van der Waals surface area contributed by atoms with Gasteiger partial charge in [-0.1, -0.05) is 23.2 Å². The molecule has 19 heavy (non-hydrogen) atoms. The lowest BCUT2D eigenvalue weighted by atomic mass is 10.5. The topological polar surface area (TPSA) is 103 Å². The molecule has 3 N–H and O–H groups in total. The number of sulfonamides is 1. The summed E-state index contributed by atoms with van der Waals surface area (Å²) in [7, 11) is -2.13. The van der Waals surface area contributed by atoms with E-state index in [1.54, 1.807) is 7.05 Å². The molecular formula is C10H11N5O2S2. The Morgan fingerprint density at radius 2 is 2.37 bits per heavy atom. The van der Waals surface area contributed by atoms with E-state index in [0.717, 1.165) is 11.3 Å². The summed E-state index contributed by atoms with van der Waals surface area (Å²) in [5, 5.41) is 4.13. The van der Waals surface area contributed by atoms with E-state index in [-0.39, 0.29) is 16.7 Å². The maximum Gasteiger partial charge on any atom is 0.280 e. The van der Waals surface area contributed by atoms with Crippen molar-refractivity contribution in [1.82, 2.24) is 14.8 Å². The van der Waals surface area contributed by atoms with Crippen LogP contribution in [0.3, 0.4) is 0 Å². The minimum atomic E-state index is -3.68. The number of rotatable bonds is 3. The molecule has 100 valence electrons. The number of aryl methyl sites for hydroxylation is 1. The van der Waals surface area contributed by atoms with Crippen LogP contribution in [0.5, 0.6) is 0 Å². The van der Waals surface area contributed by atoms with E-state index >= 15 is 0 Å². The van der Waals surface area contributed by atoms with Crippen LogP contribution in [0, 0.1) is 11.8 Å². The van der Waals surface area contributed by atoms with Crippen LogP contribution in [-0.2, 0) is 17.1 Å². The van der Waals surface area contributed by atoms with Crippen LogP contribution in [0.15, 0.2) is 23.5 Å². The van der Waals surface area contributed by atoms with Crippen molar-refractivity contribution in [3.05, 3.63) is 23.3 Å². The lowest BCUT2D eigenvalue weighted by Crippen LogP contribution is -2.16. The number of hydrogen-bond acceptors (Lipinski definition) is 6. The first-order valence-corrected chi connectivity index (χ1v) is 7.48. The second-order valence-corrected chi connectivity index (χ2v) is 6.09. The van der Waals surface area contributed by atoms with Crippen molar-refractivity contribution >= 4 is 26.5 Å². The molecule has 0 amide bonds. The Labute approximate surface area is 114 Å². The minimum Gasteiger partial charge on any atom is -0.320 e. The zero-order chi connectivity index (χ0) is 13.9. The summed E-state index contributed by atoms with van der Waals surface area (Å²) in [6, 6.07) is 1.41. The number of aromatic nitrogens is 3. The lowest BCUT2D eigenvalue weighted by molar-refractivity contribution is 0.582. The van der Waals surface area contributed by atoms with Crippen LogP contribution >= 0.6 is 11.3 Å². The highest BCUT2D eigenvalue weighted by atomic mass is 32.2. The quantitative estimate of drug-likeness (QED) is 0.776. The van der Waals surface area contributed by atoms with Gasteiger partial charge < -0.3 is 5.73 Å². The molecule has 2 heterocycles. The highest BCUT2D eigenvalue weighted by molar-refractivity contribution is 7.92. The van der Waals surface area contributed by atoms with Crippen LogP contribution < -0.4 is 10.5 Å². The summed E-state index contributed by atoms with van der Waals surface area (Å²) >= 11 is 1.14. The van der Waals surface area contributed by atoms with Gasteiger partial charge in [-0.05, 0) is 6.07 Å². The fourth-order valence-electron chi connectivity index (χ4n) is 1.31. The van der Waals surface area contributed by atoms with Crippen LogP contribution in [0.1, 0.15) is 4.88 Å². The molecule has 0 saturated heterocycles. The molecule has 0 aliphatic heterocycles. The van der Waals surface area contributed by atoms with E-state index in [1.807, 2.05) is 0 Å². The maximum atomic E-state index is 12.0. The molecule has 7 nitrogen and oxygen atoms in total. The third-order valence-corrected chi connectivity index (χ3v) is 4.46. The van der Waals surface area contributed by atoms with Crippen molar-refractivity contribution in [3.8, 4) is 11.8 Å². The third kappa shape index (κ3) is 3.11. The SMILES string of the molecule is Cn1nccc1S(=O)(=O)Nc1ncc(C#CCN)s1. The summed E-state index contributed by atoms with van der Waals surface area (Å²) in [6.45, 7) is 0.244. The van der Waals surface area contributed by atoms with Gasteiger partial charge in [-0.25, -0.2) is 4.98 Å². The molecule has 0 aliphatic carbocycles. The smallest absolute Gasteiger partial charge is 0.280 e. The van der Waals surface area contributed by atoms with Crippen molar-refractivity contribution < 1.29 is 8.42 Å². The normalized spacial score (nSPS) is 10.8. The fourth-order valence-corrected chi connectivity index (χ4v) is 3.37. The summed E-state index contributed by atoms with van der Waals surface area (Å²) in [5.74, 6) is 5.46. The number of nitrogens with zero attached hydrogens (tertiary/aromatic N) is 3. The van der Waals surface area contributed by atoms with E-state index in [9.17, 15) is 8.42 Å². The molecule has 0 fully saturated rings. The van der Waals surface area contributed by atoms with Crippen molar-refractivity contribution in [3.63, 3.8) is 0 Å². The van der Waals surface area contributed by atoms with E-state index in [2.05, 4.69) is 26.6 Å². The fraction of sp³-hybridized carbons (Fsp3) is 0.200. The average Bonchev–Trinajstić information content (AvgIpc) is 2.95. The van der Waals surface area contributed by atoms with Crippen LogP contribution in [0.2, 0.25) is 0 Å². The molecule has 0 aliphatic rings. The molecule has 2 aromatic heterocycles. The first-order valence-electron chi connectivity index (χ1n) is 5.18. The standard InChI is InChI=1S/C10H11N5O2S2/c1-15-9(4-6-13-15)19(16,17)14-10-12-7-8(18-10)3-2-5-11/h4,6-7H,5,11H2,1H3,(H,12,14). The Morgan fingerprint density at radius 1 is 1.58 bits per heavy atom. The van der Waals surface area contributed by atoms with Gasteiger partial charge in [0, 0.05) is 7.05 Å². The molecule has 0 aromatic carbocycles. The van der Waals surface area contributed by atoms with Gasteiger partial charge in [0.15, 0.2) is 10.2 Å². The summed E-state index contributed by atoms with van der Waals surface area (Å²) in [6.07, 6.45) is 2.91. The summed E-state index contributed by atoms with van der Waals surface area (Å²) < 4.78 is 27.7. The Hall–Kier alpha value is -1.89. The summed E-state index contributed by atoms with van der Waals surface area (Å²) in [4.78, 5) is 4.60. The van der Waals surface area contributed by atoms with Gasteiger partial charge in [-0.2, -0.15) is 13.5 Å². The highest BCUT2D eigenvalue weighted by Gasteiger charge is 2.19. The van der Waals surface area contributed by atoms with Gasteiger partial charge in [0.1, 0.15) is 0 Å². The second-order valence-electron chi connectivity index (χ2n) is 3.43. The number of anilines is 1. The first kappa shape index (κ1) is 13.5. The molecular weight excluding hydrogens is 286 g/mol. The number of hydrogen-bond donors (Lipinski definition) is 2. The molecule has 2 rings (SSSR count). The van der Waals surface area contributed by atoms with E-state index < -0.39 is 10.0 Å². The van der Waals surface area contributed by atoms with Gasteiger partial charge in [-0.15, -0.1) is 0 Å². The van der Waals surface area contributed by atoms with E-state index in [4.69, 9.17) is 5.73 Å². The monoisotopic (exact) mass is 297 g/mol. The number of thiazole rings is 1.